The van der Waals surface area contributed by atoms with Crippen molar-refractivity contribution in [1.29, 1.82) is 0 Å². The Bertz CT molecular complexity index is 1420. The molecule has 0 fully saturated rings. The number of nitrogens with zero attached hydrogens (tertiary/aromatic N) is 2. The number of anilines is 1. The van der Waals surface area contributed by atoms with Gasteiger partial charge in [-0.05, 0) is 42.0 Å². The van der Waals surface area contributed by atoms with Crippen molar-refractivity contribution in [2.45, 2.75) is 91.2 Å². The molecule has 0 saturated heterocycles. The summed E-state index contributed by atoms with van der Waals surface area (Å²) in [5.74, 6) is -0.108. The Morgan fingerprint density at radius 3 is 2.40 bits per heavy atom. The van der Waals surface area contributed by atoms with Gasteiger partial charge in [0.2, 0.25) is 5.91 Å². The number of thiazole rings is 1. The lowest BCUT2D eigenvalue weighted by molar-refractivity contribution is -0.115. The molecule has 0 aliphatic heterocycles. The van der Waals surface area contributed by atoms with Gasteiger partial charge in [-0.3, -0.25) is 13.6 Å². The van der Waals surface area contributed by atoms with Crippen molar-refractivity contribution in [3.8, 4) is 11.3 Å². The van der Waals surface area contributed by atoms with Crippen LogP contribution in [-0.4, -0.2) is 32.6 Å². The van der Waals surface area contributed by atoms with Crippen LogP contribution in [0, 0.1) is 0 Å². The van der Waals surface area contributed by atoms with Gasteiger partial charge in [0.25, 0.3) is 5.91 Å². The van der Waals surface area contributed by atoms with Crippen LogP contribution in [0.2, 0.25) is 0 Å². The summed E-state index contributed by atoms with van der Waals surface area (Å²) >= 11 is 3.02. The predicted octanol–water partition coefficient (Wildman–Crippen LogP) is 9.53. The Hall–Kier alpha value is -3.10. The first-order valence-electron chi connectivity index (χ1n) is 15.2. The summed E-state index contributed by atoms with van der Waals surface area (Å²) in [5, 5.41) is 9.23. The molecule has 0 spiro atoms. The predicted molar refractivity (Wildman–Crippen MR) is 182 cm³/mol. The summed E-state index contributed by atoms with van der Waals surface area (Å²) in [6.45, 7) is 13.0. The minimum Gasteiger partial charge on any atom is -0.343 e. The SMILES string of the molecule is CCC(C)c1cccc(-c2csc(NC(=O)CNC(=O)c3cn(SC(C)C)c4ccccc34)n2)c1.CCCCCCC. The zero-order chi connectivity index (χ0) is 30.5. The molecular weight excluding hydrogens is 561 g/mol. The Balaban J connectivity index is 0.000000616. The average Bonchev–Trinajstić information content (AvgIpc) is 3.61. The van der Waals surface area contributed by atoms with E-state index in [1.807, 2.05) is 51.9 Å². The normalized spacial score (nSPS) is 11.7. The lowest BCUT2D eigenvalue weighted by Crippen LogP contribution is -2.32. The van der Waals surface area contributed by atoms with E-state index < -0.39 is 0 Å². The quantitative estimate of drug-likeness (QED) is 0.149. The van der Waals surface area contributed by atoms with Crippen molar-refractivity contribution in [2.75, 3.05) is 11.9 Å². The highest BCUT2D eigenvalue weighted by Crippen LogP contribution is 2.29. The van der Waals surface area contributed by atoms with Crippen molar-refractivity contribution in [2.24, 2.45) is 0 Å². The van der Waals surface area contributed by atoms with Crippen LogP contribution in [0.4, 0.5) is 5.13 Å². The highest BCUT2D eigenvalue weighted by molar-refractivity contribution is 7.98. The third kappa shape index (κ3) is 9.73. The zero-order valence-electron chi connectivity index (χ0n) is 25.9. The van der Waals surface area contributed by atoms with Crippen molar-refractivity contribution in [1.82, 2.24) is 14.3 Å². The molecule has 226 valence electrons. The average molecular weight is 607 g/mol. The molecule has 0 aliphatic carbocycles. The maximum atomic E-state index is 12.9. The smallest absolute Gasteiger partial charge is 0.253 e. The topological polar surface area (TPSA) is 76.0 Å². The molecule has 0 aliphatic rings. The summed E-state index contributed by atoms with van der Waals surface area (Å²) in [4.78, 5) is 30.0. The number of carbonyl (C=O) groups excluding carboxylic acids is 2. The van der Waals surface area contributed by atoms with Crippen LogP contribution in [-0.2, 0) is 4.79 Å². The van der Waals surface area contributed by atoms with Crippen molar-refractivity contribution in [3.63, 3.8) is 0 Å². The molecule has 4 aromatic rings. The largest absolute Gasteiger partial charge is 0.343 e. The fraction of sp³-hybridized carbons (Fsp3) is 0.441. The van der Waals surface area contributed by atoms with Crippen LogP contribution >= 0.6 is 23.3 Å². The van der Waals surface area contributed by atoms with Gasteiger partial charge < -0.3 is 10.6 Å². The number of hydrogen-bond donors (Lipinski definition) is 2. The molecule has 2 aromatic heterocycles. The van der Waals surface area contributed by atoms with Gasteiger partial charge in [0.05, 0.1) is 23.3 Å². The number of nitrogens with one attached hydrogen (secondary N) is 2. The van der Waals surface area contributed by atoms with Crippen molar-refractivity contribution >= 4 is 51.1 Å². The molecule has 2 aromatic carbocycles. The van der Waals surface area contributed by atoms with E-state index in [0.29, 0.717) is 21.9 Å². The molecule has 2 amide bonds. The van der Waals surface area contributed by atoms with Crippen LogP contribution < -0.4 is 10.6 Å². The number of fused-ring (bicyclic) bond motifs is 1. The highest BCUT2D eigenvalue weighted by Gasteiger charge is 2.17. The number of amides is 2. The summed E-state index contributed by atoms with van der Waals surface area (Å²) in [6, 6.07) is 16.1. The first kappa shape index (κ1) is 33.4. The van der Waals surface area contributed by atoms with Crippen LogP contribution in [0.3, 0.4) is 0 Å². The molecular formula is C34H46N4O2S2. The van der Waals surface area contributed by atoms with E-state index in [1.165, 1.54) is 49.0 Å². The summed E-state index contributed by atoms with van der Waals surface area (Å²) in [5.41, 5.74) is 4.67. The number of hydrogen-bond acceptors (Lipinski definition) is 5. The molecule has 0 radical (unpaired) electrons. The Morgan fingerprint density at radius 2 is 1.71 bits per heavy atom. The van der Waals surface area contributed by atoms with Crippen LogP contribution in [0.1, 0.15) is 102 Å². The van der Waals surface area contributed by atoms with E-state index in [-0.39, 0.29) is 18.4 Å². The van der Waals surface area contributed by atoms with Crippen LogP contribution in [0.15, 0.2) is 60.1 Å². The fourth-order valence-electron chi connectivity index (χ4n) is 4.45. The molecule has 8 heteroatoms. The van der Waals surface area contributed by atoms with E-state index in [2.05, 4.69) is 69.3 Å². The molecule has 1 unspecified atom stereocenters. The molecule has 0 bridgehead atoms. The zero-order valence-corrected chi connectivity index (χ0v) is 27.5. The van der Waals surface area contributed by atoms with Gasteiger partial charge in [0.15, 0.2) is 5.13 Å². The Labute approximate surface area is 259 Å². The summed E-state index contributed by atoms with van der Waals surface area (Å²) < 4.78 is 2.02. The second kappa shape index (κ2) is 17.1. The fourth-order valence-corrected chi connectivity index (χ4v) is 6.07. The van der Waals surface area contributed by atoms with Gasteiger partial charge in [-0.25, -0.2) is 4.98 Å². The molecule has 4 rings (SSSR count). The number of carbonyl (C=O) groups is 2. The van der Waals surface area contributed by atoms with Crippen LogP contribution in [0.5, 0.6) is 0 Å². The number of aromatic nitrogens is 2. The van der Waals surface area contributed by atoms with Gasteiger partial charge in [-0.1, -0.05) is 110 Å². The first-order valence-corrected chi connectivity index (χ1v) is 16.9. The van der Waals surface area contributed by atoms with Gasteiger partial charge >= 0.3 is 0 Å². The van der Waals surface area contributed by atoms with E-state index in [9.17, 15) is 9.59 Å². The molecule has 42 heavy (non-hydrogen) atoms. The number of rotatable bonds is 13. The van der Waals surface area contributed by atoms with Crippen molar-refractivity contribution in [3.05, 3.63) is 71.2 Å². The van der Waals surface area contributed by atoms with Gasteiger partial charge in [-0.15, -0.1) is 11.3 Å². The van der Waals surface area contributed by atoms with Crippen LogP contribution in [0.25, 0.3) is 22.2 Å². The van der Waals surface area contributed by atoms with E-state index in [0.717, 1.165) is 28.6 Å². The molecule has 2 heterocycles. The maximum Gasteiger partial charge on any atom is 0.253 e. The van der Waals surface area contributed by atoms with E-state index in [4.69, 9.17) is 0 Å². The lowest BCUT2D eigenvalue weighted by atomic mass is 9.96. The Morgan fingerprint density at radius 1 is 0.976 bits per heavy atom. The molecule has 1 atom stereocenters. The standard InChI is InChI=1S/C27H30N4O2S2.C7H16/c1-5-18(4)19-9-8-10-20(13-19)23-16-34-27(29-23)30-25(32)14-28-26(33)22-15-31(35-17(2)3)24-12-7-6-11-21(22)24;1-3-5-7-6-4-2/h6-13,15-18H,5,14H2,1-4H3,(H,28,33)(H,29,30,32);3-7H2,1-2H3. The monoisotopic (exact) mass is 606 g/mol. The third-order valence-corrected chi connectivity index (χ3v) is 8.69. The van der Waals surface area contributed by atoms with Gasteiger partial charge in [0, 0.05) is 27.8 Å². The number of benzene rings is 2. The minimum atomic E-state index is -0.312. The maximum absolute atomic E-state index is 12.9. The van der Waals surface area contributed by atoms with E-state index >= 15 is 0 Å². The summed E-state index contributed by atoms with van der Waals surface area (Å²) in [7, 11) is 0. The molecule has 0 saturated carbocycles. The highest BCUT2D eigenvalue weighted by atomic mass is 32.2. The molecule has 2 N–H and O–H groups in total. The second-order valence-corrected chi connectivity index (χ2v) is 13.2. The molecule has 6 nitrogen and oxygen atoms in total. The van der Waals surface area contributed by atoms with Crippen molar-refractivity contribution < 1.29 is 9.59 Å². The second-order valence-electron chi connectivity index (χ2n) is 10.8. The lowest BCUT2D eigenvalue weighted by Gasteiger charge is -2.09. The Kier molecular flexibility index (Phi) is 13.6. The summed E-state index contributed by atoms with van der Waals surface area (Å²) in [6.07, 6.45) is 9.92. The van der Waals surface area contributed by atoms with Gasteiger partial charge in [-0.2, -0.15) is 0 Å². The van der Waals surface area contributed by atoms with Gasteiger partial charge in [0.1, 0.15) is 0 Å². The number of unbranched alkanes of at least 4 members (excludes halogenated alkanes) is 4. The van der Waals surface area contributed by atoms with E-state index in [1.54, 1.807) is 11.9 Å². The number of para-hydroxylation sites is 1. The minimum absolute atomic E-state index is 0.131. The third-order valence-electron chi connectivity index (χ3n) is 6.98. The first-order chi connectivity index (χ1) is 20.3.